The zero-order valence-corrected chi connectivity index (χ0v) is 11.7. The number of carbonyl (C=O) groups excluding carboxylic acids is 1. The quantitative estimate of drug-likeness (QED) is 0.887. The van der Waals surface area contributed by atoms with Crippen molar-refractivity contribution in [3.05, 3.63) is 58.1 Å². The van der Waals surface area contributed by atoms with Crippen LogP contribution in [-0.4, -0.2) is 13.0 Å². The van der Waals surface area contributed by atoms with Gasteiger partial charge in [0, 0.05) is 12.7 Å². The molecule has 0 aromatic heterocycles. The van der Waals surface area contributed by atoms with Crippen molar-refractivity contribution in [3.63, 3.8) is 0 Å². The van der Waals surface area contributed by atoms with Crippen LogP contribution in [0.1, 0.15) is 10.4 Å². The first-order valence-corrected chi connectivity index (χ1v) is 6.40. The molecule has 0 unspecified atom stereocenters. The van der Waals surface area contributed by atoms with Gasteiger partial charge in [-0.15, -0.1) is 0 Å². The highest BCUT2D eigenvalue weighted by molar-refractivity contribution is 6.36. The Bertz CT molecular complexity index is 614. The molecule has 2 aromatic carbocycles. The predicted molar refractivity (Wildman–Crippen MR) is 80.4 cm³/mol. The minimum atomic E-state index is -0.291. The first-order valence-electron chi connectivity index (χ1n) is 5.65. The molecule has 0 fully saturated rings. The molecule has 0 spiro atoms. The van der Waals surface area contributed by atoms with Crippen molar-refractivity contribution >= 4 is 40.5 Å². The van der Waals surface area contributed by atoms with E-state index in [9.17, 15) is 4.79 Å². The number of carbonyl (C=O) groups is 1. The summed E-state index contributed by atoms with van der Waals surface area (Å²) in [5.41, 5.74) is 1.81. The predicted octanol–water partition coefficient (Wildman–Crippen LogP) is 4.29. The molecule has 1 amide bonds. The van der Waals surface area contributed by atoms with E-state index in [-0.39, 0.29) is 5.91 Å². The van der Waals surface area contributed by atoms with Crippen molar-refractivity contribution < 1.29 is 4.79 Å². The molecule has 0 atom stereocenters. The van der Waals surface area contributed by atoms with Crippen LogP contribution in [-0.2, 0) is 0 Å². The van der Waals surface area contributed by atoms with Gasteiger partial charge in [0.15, 0.2) is 0 Å². The lowest BCUT2D eigenvalue weighted by Gasteiger charge is -2.10. The summed E-state index contributed by atoms with van der Waals surface area (Å²) in [5, 5.41) is 6.60. The minimum Gasteiger partial charge on any atom is -0.388 e. The number of halogens is 2. The number of hydrogen-bond acceptors (Lipinski definition) is 2. The second-order valence-electron chi connectivity index (χ2n) is 3.88. The number of amides is 1. The van der Waals surface area contributed by atoms with Crippen molar-refractivity contribution in [1.29, 1.82) is 0 Å². The molecule has 0 aliphatic rings. The highest BCUT2D eigenvalue weighted by atomic mass is 35.5. The van der Waals surface area contributed by atoms with Crippen molar-refractivity contribution in [2.24, 2.45) is 0 Å². The van der Waals surface area contributed by atoms with Crippen molar-refractivity contribution in [3.8, 4) is 0 Å². The number of rotatable bonds is 3. The van der Waals surface area contributed by atoms with Gasteiger partial charge in [0.1, 0.15) is 0 Å². The summed E-state index contributed by atoms with van der Waals surface area (Å²) in [5.74, 6) is -0.291. The number of benzene rings is 2. The van der Waals surface area contributed by atoms with E-state index in [2.05, 4.69) is 10.6 Å². The Morgan fingerprint density at radius 3 is 2.47 bits per heavy atom. The van der Waals surface area contributed by atoms with Gasteiger partial charge >= 0.3 is 0 Å². The molecule has 0 saturated carbocycles. The van der Waals surface area contributed by atoms with Crippen LogP contribution < -0.4 is 10.6 Å². The van der Waals surface area contributed by atoms with Gasteiger partial charge in [-0.25, -0.2) is 0 Å². The number of nitrogens with one attached hydrogen (secondary N) is 2. The fourth-order valence-electron chi connectivity index (χ4n) is 1.61. The Morgan fingerprint density at radius 2 is 1.79 bits per heavy atom. The van der Waals surface area contributed by atoms with E-state index in [1.807, 2.05) is 6.07 Å². The van der Waals surface area contributed by atoms with Gasteiger partial charge in [-0.05, 0) is 30.3 Å². The van der Waals surface area contributed by atoms with Crippen LogP contribution in [0.3, 0.4) is 0 Å². The van der Waals surface area contributed by atoms with E-state index >= 15 is 0 Å². The lowest BCUT2D eigenvalue weighted by atomic mass is 10.2. The lowest BCUT2D eigenvalue weighted by molar-refractivity contribution is 0.102. The molecule has 0 bridgehead atoms. The van der Waals surface area contributed by atoms with Gasteiger partial charge in [0.2, 0.25) is 0 Å². The smallest absolute Gasteiger partial charge is 0.257 e. The van der Waals surface area contributed by atoms with E-state index in [0.717, 1.165) is 5.69 Å². The first-order chi connectivity index (χ1) is 9.11. The summed E-state index contributed by atoms with van der Waals surface area (Å²) in [6, 6.07) is 12.2. The monoisotopic (exact) mass is 294 g/mol. The normalized spacial score (nSPS) is 10.1. The van der Waals surface area contributed by atoms with Gasteiger partial charge in [0.25, 0.3) is 5.91 Å². The van der Waals surface area contributed by atoms with E-state index in [4.69, 9.17) is 23.2 Å². The Balaban J connectivity index is 2.26. The third-order valence-electron chi connectivity index (χ3n) is 2.62. The summed E-state index contributed by atoms with van der Waals surface area (Å²) >= 11 is 12.0. The molecule has 19 heavy (non-hydrogen) atoms. The summed E-state index contributed by atoms with van der Waals surface area (Å²) in [7, 11) is 1.79. The van der Waals surface area contributed by atoms with Gasteiger partial charge in [-0.3, -0.25) is 4.79 Å². The van der Waals surface area contributed by atoms with Crippen LogP contribution in [0.4, 0.5) is 11.4 Å². The van der Waals surface area contributed by atoms with E-state index in [1.54, 1.807) is 43.4 Å². The maximum atomic E-state index is 12.1. The van der Waals surface area contributed by atoms with Gasteiger partial charge in [-0.2, -0.15) is 0 Å². The van der Waals surface area contributed by atoms with Crippen LogP contribution in [0, 0.1) is 0 Å². The SMILES string of the molecule is CNc1ccc(Cl)c(NC(=O)c2ccccc2Cl)c1. The zero-order chi connectivity index (χ0) is 13.8. The van der Waals surface area contributed by atoms with Crippen molar-refractivity contribution in [1.82, 2.24) is 0 Å². The average molecular weight is 295 g/mol. The van der Waals surface area contributed by atoms with Crippen LogP contribution in [0.2, 0.25) is 10.0 Å². The largest absolute Gasteiger partial charge is 0.388 e. The Kier molecular flexibility index (Phi) is 4.30. The molecule has 0 aliphatic carbocycles. The van der Waals surface area contributed by atoms with Crippen LogP contribution in [0.5, 0.6) is 0 Å². The molecule has 0 radical (unpaired) electrons. The summed E-state index contributed by atoms with van der Waals surface area (Å²) < 4.78 is 0. The zero-order valence-electron chi connectivity index (χ0n) is 10.2. The van der Waals surface area contributed by atoms with Gasteiger partial charge in [0.05, 0.1) is 21.3 Å². The van der Waals surface area contributed by atoms with E-state index < -0.39 is 0 Å². The fourth-order valence-corrected chi connectivity index (χ4v) is 2.00. The minimum absolute atomic E-state index is 0.291. The van der Waals surface area contributed by atoms with Crippen molar-refractivity contribution in [2.45, 2.75) is 0 Å². The highest BCUT2D eigenvalue weighted by Gasteiger charge is 2.11. The summed E-state index contributed by atoms with van der Waals surface area (Å²) in [4.78, 5) is 12.1. The molecule has 0 saturated heterocycles. The van der Waals surface area contributed by atoms with E-state index in [1.165, 1.54) is 0 Å². The van der Waals surface area contributed by atoms with Crippen LogP contribution in [0.25, 0.3) is 0 Å². The molecule has 2 aromatic rings. The molecule has 2 N–H and O–H groups in total. The first kappa shape index (κ1) is 13.7. The molecule has 98 valence electrons. The standard InChI is InChI=1S/C14H12Cl2N2O/c1-17-9-6-7-12(16)13(8-9)18-14(19)10-4-2-3-5-11(10)15/h2-8,17H,1H3,(H,18,19). The lowest BCUT2D eigenvalue weighted by Crippen LogP contribution is -2.12. The van der Waals surface area contributed by atoms with Crippen LogP contribution in [0.15, 0.2) is 42.5 Å². The maximum absolute atomic E-state index is 12.1. The average Bonchev–Trinajstić information content (AvgIpc) is 2.41. The van der Waals surface area contributed by atoms with Crippen LogP contribution >= 0.6 is 23.2 Å². The summed E-state index contributed by atoms with van der Waals surface area (Å²) in [6.07, 6.45) is 0. The third-order valence-corrected chi connectivity index (χ3v) is 3.28. The maximum Gasteiger partial charge on any atom is 0.257 e. The third kappa shape index (κ3) is 3.19. The molecule has 0 heterocycles. The Morgan fingerprint density at radius 1 is 1.05 bits per heavy atom. The fraction of sp³-hybridized carbons (Fsp3) is 0.0714. The van der Waals surface area contributed by atoms with Gasteiger partial charge < -0.3 is 10.6 Å². The second kappa shape index (κ2) is 5.95. The topological polar surface area (TPSA) is 41.1 Å². The number of hydrogen-bond donors (Lipinski definition) is 2. The Hall–Kier alpha value is -1.71. The van der Waals surface area contributed by atoms with Gasteiger partial charge in [-0.1, -0.05) is 35.3 Å². The second-order valence-corrected chi connectivity index (χ2v) is 4.69. The van der Waals surface area contributed by atoms with E-state index in [0.29, 0.717) is 21.3 Å². The summed E-state index contributed by atoms with van der Waals surface area (Å²) in [6.45, 7) is 0. The molecular weight excluding hydrogens is 283 g/mol. The molecule has 0 aliphatic heterocycles. The Labute approximate surface area is 121 Å². The molecule has 2 rings (SSSR count). The van der Waals surface area contributed by atoms with Crippen molar-refractivity contribution in [2.75, 3.05) is 17.7 Å². The molecule has 5 heteroatoms. The molecule has 3 nitrogen and oxygen atoms in total. The highest BCUT2D eigenvalue weighted by Crippen LogP contribution is 2.26. The molecular formula is C14H12Cl2N2O. The number of anilines is 2.